The number of fused-ring (bicyclic) bond motifs is 9. The monoisotopic (exact) mass is 676 g/mol. The van der Waals surface area contributed by atoms with Crippen molar-refractivity contribution in [2.75, 3.05) is 0 Å². The summed E-state index contributed by atoms with van der Waals surface area (Å²) in [5, 5.41) is -8.31. The van der Waals surface area contributed by atoms with E-state index in [1.54, 1.807) is 0 Å². The van der Waals surface area contributed by atoms with Crippen LogP contribution < -0.4 is 0 Å². The number of benzene rings is 10. The van der Waals surface area contributed by atoms with E-state index in [-0.39, 0.29) is 0 Å². The third kappa shape index (κ3) is 4.22. The largest absolute Gasteiger partial charge is 0.455 e. The van der Waals surface area contributed by atoms with E-state index in [1.807, 2.05) is 0 Å². The van der Waals surface area contributed by atoms with Gasteiger partial charge >= 0.3 is 0 Å². The molecule has 51 heavy (non-hydrogen) atoms. The van der Waals surface area contributed by atoms with Crippen molar-refractivity contribution in [3.63, 3.8) is 0 Å². The smallest absolute Gasteiger partial charge is 0.143 e. The van der Waals surface area contributed by atoms with Crippen LogP contribution in [0.4, 0.5) is 0 Å². The fourth-order valence-corrected chi connectivity index (χ4v) is 6.44. The molecule has 0 aliphatic heterocycles. The molecule has 0 N–H and O–H groups in total. The fraction of sp³-hybridized carbons (Fsp3) is 0. The molecule has 1 nitrogen and oxygen atoms in total. The van der Waals surface area contributed by atoms with Crippen molar-refractivity contribution in [3.05, 3.63) is 181 Å². The molecule has 0 aliphatic rings. The molecule has 0 spiro atoms. The maximum absolute atomic E-state index is 10.4. The lowest BCUT2D eigenvalue weighted by molar-refractivity contribution is 0.673. The maximum atomic E-state index is 10.4. The summed E-state index contributed by atoms with van der Waals surface area (Å²) in [5.74, 6) is 0. The van der Waals surface area contributed by atoms with Crippen LogP contribution in [-0.2, 0) is 0 Å². The van der Waals surface area contributed by atoms with Gasteiger partial charge in [0.15, 0.2) is 0 Å². The lowest BCUT2D eigenvalue weighted by Crippen LogP contribution is -1.92. The first-order valence-corrected chi connectivity index (χ1v) is 15.2. The molecule has 1 heteroatoms. The highest BCUT2D eigenvalue weighted by atomic mass is 16.3. The lowest BCUT2D eigenvalue weighted by atomic mass is 9.83. The van der Waals surface area contributed by atoms with Crippen molar-refractivity contribution < 1.29 is 45.5 Å². The van der Waals surface area contributed by atoms with Crippen LogP contribution in [0.2, 0.25) is 0 Å². The first-order valence-electron chi connectivity index (χ1n) is 30.2. The number of rotatable bonds is 3. The Morgan fingerprint density at radius 2 is 0.902 bits per heavy atom. The Morgan fingerprint density at radius 3 is 1.65 bits per heavy atom. The van der Waals surface area contributed by atoms with Crippen LogP contribution in [0.15, 0.2) is 186 Å². The maximum Gasteiger partial charge on any atom is 0.143 e. The van der Waals surface area contributed by atoms with Gasteiger partial charge in [-0.3, -0.25) is 0 Å². The van der Waals surface area contributed by atoms with E-state index in [1.165, 1.54) is 0 Å². The molecule has 1 heterocycles. The SMILES string of the molecule is [2H]c1c([2H])c(-c2c([2H])c(-c3c4c([2H])c([2H])c([2H])c([2H])c4c(-c4c([2H])c([2H])c5c([2H])c([2H])c([2H])c([2H])c5c4[2H])c4c([2H])c([2H])c([2H])c([2H])c34)c3c([2H])c([2H])c([2H])c([2H])c3c2[2H])c2c(oc3c4c([2H])c([2H])c([2H])c([2H])c4c([2H])c([2H])c32)c1[2H]. The van der Waals surface area contributed by atoms with Crippen LogP contribution in [0, 0.1) is 0 Å². The van der Waals surface area contributed by atoms with Crippen LogP contribution in [0.25, 0.3) is 109 Å². The Labute approximate surface area is 336 Å². The molecule has 10 aromatic carbocycles. The Balaban J connectivity index is 1.49. The first-order chi connectivity index (χ1) is 37.8. The van der Waals surface area contributed by atoms with Crippen molar-refractivity contribution in [1.29, 1.82) is 0 Å². The van der Waals surface area contributed by atoms with E-state index in [4.69, 9.17) is 29.1 Å². The zero-order valence-corrected chi connectivity index (χ0v) is 25.4. The second-order valence-corrected chi connectivity index (χ2v) is 11.3. The average Bonchev–Trinajstić information content (AvgIpc) is 4.09. The van der Waals surface area contributed by atoms with Gasteiger partial charge in [0.25, 0.3) is 0 Å². The highest BCUT2D eigenvalue weighted by Gasteiger charge is 2.20. The second kappa shape index (κ2) is 10.9. The number of hydrogen-bond acceptors (Lipinski definition) is 1. The molecule has 0 saturated carbocycles. The van der Waals surface area contributed by atoms with Crippen LogP contribution in [-0.4, -0.2) is 0 Å². The number of furan rings is 1. The zero-order chi connectivity index (χ0) is 59.6. The van der Waals surface area contributed by atoms with Gasteiger partial charge in [0.2, 0.25) is 0 Å². The minimum absolute atomic E-state index is 0.487. The molecule has 0 bridgehead atoms. The Morgan fingerprint density at radius 1 is 0.333 bits per heavy atom. The molecule has 11 aromatic rings. The van der Waals surface area contributed by atoms with Crippen molar-refractivity contribution in [2.24, 2.45) is 0 Å². The van der Waals surface area contributed by atoms with Gasteiger partial charge in [-0.15, -0.1) is 0 Å². The van der Waals surface area contributed by atoms with Gasteiger partial charge in [-0.1, -0.05) is 151 Å². The summed E-state index contributed by atoms with van der Waals surface area (Å²) in [6.07, 6.45) is 0. The average molecular weight is 677 g/mol. The highest BCUT2D eigenvalue weighted by Crippen LogP contribution is 2.48. The van der Waals surface area contributed by atoms with Crippen LogP contribution >= 0.6 is 0 Å². The number of hydrogen-bond donors (Lipinski definition) is 0. The van der Waals surface area contributed by atoms with Crippen molar-refractivity contribution in [2.45, 2.75) is 0 Å². The summed E-state index contributed by atoms with van der Waals surface area (Å²) in [7, 11) is 0. The molecule has 0 amide bonds. The van der Waals surface area contributed by atoms with Gasteiger partial charge in [-0.2, -0.15) is 0 Å². The predicted octanol–water partition coefficient (Wildman–Crippen LogP) is 14.4. The van der Waals surface area contributed by atoms with Crippen molar-refractivity contribution in [1.82, 2.24) is 0 Å². The van der Waals surface area contributed by atoms with E-state index >= 15 is 0 Å². The van der Waals surface area contributed by atoms with Crippen LogP contribution in [0.1, 0.15) is 41.1 Å². The molecular weight excluding hydrogens is 617 g/mol. The standard InChI is InChI=1S/C50H30O/c1-2-14-33-28-35(25-24-31(33)12-1)47-40-18-7-9-20-42(40)48(43-21-10-8-19-41(43)47)45-30-36(29-34-15-4-5-16-37(34)45)38-22-11-23-46-49(38)44-27-26-32-13-3-6-17-39(32)50(44)51-46/h1-30H/i1D,2D,3D,4D,5D,6D,7D,8D,9D,10D,11D,12D,13D,14D,15D,16D,17D,18D,19D,20D,21D,22D,23D,24D,25D,26D,27D,28D,29D,30D. The Hall–Kier alpha value is -6.70. The van der Waals surface area contributed by atoms with Crippen molar-refractivity contribution in [3.8, 4) is 33.4 Å². The highest BCUT2D eigenvalue weighted by molar-refractivity contribution is 6.25. The van der Waals surface area contributed by atoms with E-state index in [0.717, 1.165) is 0 Å². The van der Waals surface area contributed by atoms with Crippen LogP contribution in [0.3, 0.4) is 0 Å². The lowest BCUT2D eigenvalue weighted by Gasteiger charge is -2.20. The third-order valence-corrected chi connectivity index (χ3v) is 8.56. The third-order valence-electron chi connectivity index (χ3n) is 8.56. The van der Waals surface area contributed by atoms with Gasteiger partial charge < -0.3 is 4.42 Å². The Bertz CT molecular complexity index is 4850. The topological polar surface area (TPSA) is 13.1 Å². The summed E-state index contributed by atoms with van der Waals surface area (Å²) < 4.78 is 280. The van der Waals surface area contributed by atoms with E-state index in [0.29, 0.717) is 0 Å². The molecule has 236 valence electrons. The predicted molar refractivity (Wildman–Crippen MR) is 218 cm³/mol. The molecule has 0 radical (unpaired) electrons. The van der Waals surface area contributed by atoms with Gasteiger partial charge in [0, 0.05) is 16.2 Å². The minimum atomic E-state index is -1.13. The zero-order valence-electron chi connectivity index (χ0n) is 55.4. The fourth-order valence-electron chi connectivity index (χ4n) is 6.44. The van der Waals surface area contributed by atoms with E-state index in [2.05, 4.69) is 0 Å². The minimum Gasteiger partial charge on any atom is -0.455 e. The normalized spacial score (nSPS) is 20.2. The summed E-state index contributed by atoms with van der Waals surface area (Å²) in [6.45, 7) is 0. The summed E-state index contributed by atoms with van der Waals surface area (Å²) in [5.41, 5.74) is -6.28. The van der Waals surface area contributed by atoms with E-state index < -0.39 is 290 Å². The van der Waals surface area contributed by atoms with Gasteiger partial charge in [0.1, 0.15) is 11.2 Å². The summed E-state index contributed by atoms with van der Waals surface area (Å²) in [4.78, 5) is 0. The molecule has 1 aromatic heterocycles. The molecule has 11 rings (SSSR count). The van der Waals surface area contributed by atoms with Gasteiger partial charge in [0.05, 0.1) is 41.1 Å². The van der Waals surface area contributed by atoms with Gasteiger partial charge in [-0.25, -0.2) is 0 Å². The van der Waals surface area contributed by atoms with Crippen molar-refractivity contribution >= 4 is 75.8 Å². The molecule has 0 unspecified atom stereocenters. The molecular formula is C50H30O. The van der Waals surface area contributed by atoms with E-state index in [9.17, 15) is 16.4 Å². The van der Waals surface area contributed by atoms with Gasteiger partial charge in [-0.05, 0) is 112 Å². The first kappa shape index (κ1) is 11.7. The summed E-state index contributed by atoms with van der Waals surface area (Å²) in [6, 6.07) is -28.8. The molecule has 0 saturated heterocycles. The Kier molecular flexibility index (Phi) is 2.50. The molecule has 0 aliphatic carbocycles. The second-order valence-electron chi connectivity index (χ2n) is 11.3. The summed E-state index contributed by atoms with van der Waals surface area (Å²) >= 11 is 0. The molecule has 0 fully saturated rings. The van der Waals surface area contributed by atoms with Crippen LogP contribution in [0.5, 0.6) is 0 Å². The quantitative estimate of drug-likeness (QED) is 0.170. The molecule has 0 atom stereocenters.